The number of nitrogen functional groups attached to an aromatic ring is 1. The van der Waals surface area contributed by atoms with Gasteiger partial charge in [0.1, 0.15) is 5.75 Å². The molecule has 0 amide bonds. The summed E-state index contributed by atoms with van der Waals surface area (Å²) in [4.78, 5) is 9.82. The Hall–Kier alpha value is -2.96. The molecule has 20 heavy (non-hydrogen) atoms. The Bertz CT molecular complexity index is 689. The highest BCUT2D eigenvalue weighted by Crippen LogP contribution is 2.31. The molecule has 0 saturated carbocycles. The van der Waals surface area contributed by atoms with E-state index in [1.54, 1.807) is 12.1 Å². The van der Waals surface area contributed by atoms with Crippen molar-refractivity contribution in [2.45, 2.75) is 0 Å². The smallest absolute Gasteiger partial charge is 0.272 e. The maximum Gasteiger partial charge on any atom is 0.272 e. The second kappa shape index (κ2) is 5.35. The van der Waals surface area contributed by atoms with E-state index >= 15 is 0 Å². The number of nitrogens with two attached hydrogens (primary N) is 1. The number of nitro benzene ring substituents is 1. The van der Waals surface area contributed by atoms with Crippen molar-refractivity contribution in [3.63, 3.8) is 0 Å². The summed E-state index contributed by atoms with van der Waals surface area (Å²) in [7, 11) is 0. The number of hydrogen-bond acceptors (Lipinski definition) is 5. The van der Waals surface area contributed by atoms with Crippen LogP contribution in [0.15, 0.2) is 36.4 Å². The normalized spacial score (nSPS) is 10.1. The van der Waals surface area contributed by atoms with Gasteiger partial charge in [0.25, 0.3) is 5.69 Å². The van der Waals surface area contributed by atoms with E-state index in [9.17, 15) is 14.5 Å². The topological polar surface area (TPSA) is 102 Å². The van der Waals surface area contributed by atoms with Gasteiger partial charge in [-0.15, -0.1) is 0 Å². The largest absolute Gasteiger partial charge is 0.454 e. The van der Waals surface area contributed by atoms with Gasteiger partial charge < -0.3 is 15.9 Å². The summed E-state index contributed by atoms with van der Waals surface area (Å²) >= 11 is 0. The van der Waals surface area contributed by atoms with Crippen LogP contribution in [0.3, 0.4) is 0 Å². The van der Waals surface area contributed by atoms with Crippen LogP contribution < -0.4 is 10.5 Å². The summed E-state index contributed by atoms with van der Waals surface area (Å²) in [6.45, 7) is 0. The molecule has 0 aromatic heterocycles. The molecule has 0 atom stereocenters. The fourth-order valence-corrected chi connectivity index (χ4v) is 1.61. The molecule has 6 nitrogen and oxygen atoms in total. The number of ether oxygens (including phenoxy) is 1. The standard InChI is InChI=1S/C13H10FN3O3/c14-10-6-8(17(18)19)4-5-13(10)20-12-3-1-2-11(16)9(12)7-15/h1-7,15H,16H2. The number of anilines is 1. The van der Waals surface area contributed by atoms with Gasteiger partial charge in [-0.05, 0) is 18.2 Å². The maximum absolute atomic E-state index is 13.7. The molecule has 2 rings (SSSR count). The number of nitro groups is 1. The zero-order valence-corrected chi connectivity index (χ0v) is 10.2. The Morgan fingerprint density at radius 1 is 1.30 bits per heavy atom. The Kier molecular flexibility index (Phi) is 3.60. The van der Waals surface area contributed by atoms with E-state index in [0.717, 1.165) is 24.4 Å². The maximum atomic E-state index is 13.7. The minimum atomic E-state index is -0.863. The van der Waals surface area contributed by atoms with Gasteiger partial charge in [-0.1, -0.05) is 6.07 Å². The summed E-state index contributed by atoms with van der Waals surface area (Å²) in [6.07, 6.45) is 0.994. The lowest BCUT2D eigenvalue weighted by Gasteiger charge is -2.10. The van der Waals surface area contributed by atoms with Crippen LogP contribution in [0, 0.1) is 21.3 Å². The Balaban J connectivity index is 2.38. The molecule has 0 fully saturated rings. The van der Waals surface area contributed by atoms with Crippen LogP contribution in [-0.2, 0) is 0 Å². The first kappa shape index (κ1) is 13.5. The molecule has 2 aromatic rings. The van der Waals surface area contributed by atoms with Crippen LogP contribution in [-0.4, -0.2) is 11.1 Å². The second-order valence-electron chi connectivity index (χ2n) is 3.88. The summed E-state index contributed by atoms with van der Waals surface area (Å²) in [5.74, 6) is -0.838. The number of rotatable bonds is 4. The molecule has 0 spiro atoms. The van der Waals surface area contributed by atoms with E-state index in [1.807, 2.05) is 0 Å². The van der Waals surface area contributed by atoms with Crippen LogP contribution in [0.25, 0.3) is 0 Å². The molecule has 0 aliphatic carbocycles. The van der Waals surface area contributed by atoms with Crippen LogP contribution in [0.4, 0.5) is 15.8 Å². The quantitative estimate of drug-likeness (QED) is 0.387. The highest BCUT2D eigenvalue weighted by Gasteiger charge is 2.14. The minimum Gasteiger partial charge on any atom is -0.454 e. The first-order valence-corrected chi connectivity index (χ1v) is 5.53. The molecule has 102 valence electrons. The van der Waals surface area contributed by atoms with Crippen LogP contribution in [0.5, 0.6) is 11.5 Å². The average Bonchev–Trinajstić information content (AvgIpc) is 2.41. The highest BCUT2D eigenvalue weighted by atomic mass is 19.1. The van der Waals surface area contributed by atoms with Gasteiger partial charge in [-0.3, -0.25) is 10.1 Å². The van der Waals surface area contributed by atoms with Crippen molar-refractivity contribution in [2.24, 2.45) is 0 Å². The fraction of sp³-hybridized carbons (Fsp3) is 0. The number of nitrogens with zero attached hydrogens (tertiary/aromatic N) is 1. The lowest BCUT2D eigenvalue weighted by Crippen LogP contribution is -1.98. The third-order valence-corrected chi connectivity index (χ3v) is 2.59. The Labute approximate surface area is 113 Å². The van der Waals surface area contributed by atoms with Crippen LogP contribution in [0.2, 0.25) is 0 Å². The van der Waals surface area contributed by atoms with E-state index in [1.165, 1.54) is 6.07 Å². The van der Waals surface area contributed by atoms with E-state index in [4.69, 9.17) is 15.9 Å². The van der Waals surface area contributed by atoms with E-state index in [2.05, 4.69) is 0 Å². The van der Waals surface area contributed by atoms with Crippen molar-refractivity contribution < 1.29 is 14.1 Å². The van der Waals surface area contributed by atoms with Crippen LogP contribution >= 0.6 is 0 Å². The lowest BCUT2D eigenvalue weighted by molar-refractivity contribution is -0.385. The highest BCUT2D eigenvalue weighted by molar-refractivity contribution is 5.88. The van der Waals surface area contributed by atoms with E-state index in [-0.39, 0.29) is 17.2 Å². The zero-order valence-electron chi connectivity index (χ0n) is 10.2. The van der Waals surface area contributed by atoms with Crippen molar-refractivity contribution >= 4 is 17.6 Å². The third kappa shape index (κ3) is 2.56. The summed E-state index contributed by atoms with van der Waals surface area (Å²) in [6, 6.07) is 7.77. The Morgan fingerprint density at radius 2 is 2.05 bits per heavy atom. The van der Waals surface area contributed by atoms with Gasteiger partial charge in [0.15, 0.2) is 11.6 Å². The lowest BCUT2D eigenvalue weighted by atomic mass is 10.2. The first-order valence-electron chi connectivity index (χ1n) is 5.53. The Morgan fingerprint density at radius 3 is 2.65 bits per heavy atom. The fourth-order valence-electron chi connectivity index (χ4n) is 1.61. The van der Waals surface area contributed by atoms with Gasteiger partial charge in [0.2, 0.25) is 0 Å². The van der Waals surface area contributed by atoms with Gasteiger partial charge in [-0.2, -0.15) is 0 Å². The molecule has 3 N–H and O–H groups in total. The molecule has 2 aromatic carbocycles. The molecule has 0 saturated heterocycles. The molecule has 7 heteroatoms. The second-order valence-corrected chi connectivity index (χ2v) is 3.88. The van der Waals surface area contributed by atoms with Crippen LogP contribution in [0.1, 0.15) is 5.56 Å². The predicted molar refractivity (Wildman–Crippen MR) is 71.9 cm³/mol. The average molecular weight is 275 g/mol. The summed E-state index contributed by atoms with van der Waals surface area (Å²) in [5.41, 5.74) is 5.94. The first-order chi connectivity index (χ1) is 9.52. The monoisotopic (exact) mass is 275 g/mol. The summed E-state index contributed by atoms with van der Waals surface area (Å²) < 4.78 is 19.0. The van der Waals surface area contributed by atoms with Crippen molar-refractivity contribution in [1.29, 1.82) is 5.41 Å². The number of nitrogens with one attached hydrogen (secondary N) is 1. The number of halogens is 1. The molecule has 0 unspecified atom stereocenters. The summed E-state index contributed by atoms with van der Waals surface area (Å²) in [5, 5.41) is 17.8. The molecule has 0 bridgehead atoms. The molecular formula is C13H10FN3O3. The molecule has 0 aliphatic heterocycles. The van der Waals surface area contributed by atoms with Crippen molar-refractivity contribution in [3.05, 3.63) is 57.9 Å². The van der Waals surface area contributed by atoms with Gasteiger partial charge >= 0.3 is 0 Å². The predicted octanol–water partition coefficient (Wildman–Crippen LogP) is 3.11. The molecular weight excluding hydrogens is 265 g/mol. The molecule has 0 radical (unpaired) electrons. The van der Waals surface area contributed by atoms with E-state index in [0.29, 0.717) is 11.3 Å². The zero-order chi connectivity index (χ0) is 14.7. The van der Waals surface area contributed by atoms with Crippen molar-refractivity contribution in [1.82, 2.24) is 0 Å². The third-order valence-electron chi connectivity index (χ3n) is 2.59. The number of non-ortho nitro benzene ring substituents is 1. The van der Waals surface area contributed by atoms with Crippen molar-refractivity contribution in [3.8, 4) is 11.5 Å². The van der Waals surface area contributed by atoms with E-state index < -0.39 is 10.7 Å². The molecule has 0 heterocycles. The van der Waals surface area contributed by atoms with Gasteiger partial charge in [0.05, 0.1) is 16.6 Å². The SMILES string of the molecule is N=Cc1c(N)cccc1Oc1ccc([N+](=O)[O-])cc1F. The minimum absolute atomic E-state index is 0.177. The number of benzene rings is 2. The van der Waals surface area contributed by atoms with Crippen molar-refractivity contribution in [2.75, 3.05) is 5.73 Å². The van der Waals surface area contributed by atoms with Gasteiger partial charge in [0, 0.05) is 18.0 Å². The number of hydrogen-bond donors (Lipinski definition) is 2. The van der Waals surface area contributed by atoms with Gasteiger partial charge in [-0.25, -0.2) is 4.39 Å². The molecule has 0 aliphatic rings.